The van der Waals surface area contributed by atoms with Crippen LogP contribution in [0.3, 0.4) is 0 Å². The van der Waals surface area contributed by atoms with Gasteiger partial charge in [-0.2, -0.15) is 0 Å². The molecule has 0 spiro atoms. The SMILES string of the molecule is [2H]c1nc(CN2CCc3c(c4ccccc4n3C([2H])([2H])[2H])C2=O)c(C([2H])([2H])[2H])[nH]1. The first-order valence-electron chi connectivity index (χ1n) is 10.5. The van der Waals surface area contributed by atoms with Gasteiger partial charge >= 0.3 is 0 Å². The highest BCUT2D eigenvalue weighted by Gasteiger charge is 2.30. The van der Waals surface area contributed by atoms with E-state index in [0.717, 1.165) is 0 Å². The van der Waals surface area contributed by atoms with Gasteiger partial charge < -0.3 is 14.5 Å². The maximum Gasteiger partial charge on any atom is 0.256 e. The summed E-state index contributed by atoms with van der Waals surface area (Å²) in [5, 5.41) is 0.549. The van der Waals surface area contributed by atoms with Crippen molar-refractivity contribution in [1.82, 2.24) is 19.4 Å². The third kappa shape index (κ3) is 1.78. The van der Waals surface area contributed by atoms with Gasteiger partial charge in [0.15, 0.2) is 0 Å². The molecule has 112 valence electrons. The second-order valence-electron chi connectivity index (χ2n) is 5.32. The number of carbonyl (C=O) groups is 1. The summed E-state index contributed by atoms with van der Waals surface area (Å²) in [6.07, 6.45) is 0.0327. The first kappa shape index (κ1) is 7.63. The molecule has 3 heterocycles. The highest BCUT2D eigenvalue weighted by Crippen LogP contribution is 2.30. The number of aryl methyl sites for hydroxylation is 2. The Labute approximate surface area is 138 Å². The predicted octanol–water partition coefficient (Wildman–Crippen LogP) is 2.41. The Bertz CT molecular complexity index is 1110. The number of hydrogen-bond donors (Lipinski definition) is 1. The van der Waals surface area contributed by atoms with Crippen molar-refractivity contribution in [3.63, 3.8) is 0 Å². The molecule has 5 nitrogen and oxygen atoms in total. The molecule has 5 heteroatoms. The molecule has 0 saturated carbocycles. The molecular formula is C17H18N4O. The van der Waals surface area contributed by atoms with Crippen molar-refractivity contribution in [2.24, 2.45) is 6.98 Å². The van der Waals surface area contributed by atoms with Crippen molar-refractivity contribution < 1.29 is 14.4 Å². The average Bonchev–Trinajstić information content (AvgIpc) is 3.14. The van der Waals surface area contributed by atoms with Gasteiger partial charge in [-0.25, -0.2) is 4.98 Å². The quantitative estimate of drug-likeness (QED) is 0.790. The molecule has 0 aliphatic carbocycles. The number of imidazole rings is 1. The van der Waals surface area contributed by atoms with Gasteiger partial charge in [-0.05, 0) is 12.9 Å². The van der Waals surface area contributed by atoms with Gasteiger partial charge in [-0.1, -0.05) is 18.2 Å². The average molecular weight is 301 g/mol. The summed E-state index contributed by atoms with van der Waals surface area (Å²) >= 11 is 0. The number of carbonyl (C=O) groups excluding carboxylic acids is 1. The first-order valence-corrected chi connectivity index (χ1v) is 6.96. The van der Waals surface area contributed by atoms with Crippen LogP contribution in [0.25, 0.3) is 10.9 Å². The van der Waals surface area contributed by atoms with Crippen LogP contribution in [-0.4, -0.2) is 31.9 Å². The van der Waals surface area contributed by atoms with E-state index in [1.165, 1.54) is 9.47 Å². The monoisotopic (exact) mass is 301 g/mol. The summed E-state index contributed by atoms with van der Waals surface area (Å²) in [5.41, 5.74) is 1.19. The van der Waals surface area contributed by atoms with Gasteiger partial charge in [0.25, 0.3) is 5.91 Å². The maximum absolute atomic E-state index is 13.2. The number of amides is 1. The van der Waals surface area contributed by atoms with E-state index in [-0.39, 0.29) is 36.7 Å². The normalized spacial score (nSPS) is 20.5. The lowest BCUT2D eigenvalue weighted by Crippen LogP contribution is -2.37. The predicted molar refractivity (Wildman–Crippen MR) is 84.7 cm³/mol. The van der Waals surface area contributed by atoms with Crippen molar-refractivity contribution >= 4 is 16.8 Å². The van der Waals surface area contributed by atoms with Crippen LogP contribution in [0.15, 0.2) is 30.6 Å². The third-order valence-corrected chi connectivity index (χ3v) is 4.09. The second kappa shape index (κ2) is 4.73. The summed E-state index contributed by atoms with van der Waals surface area (Å²) in [6, 6.07) is 6.85. The molecule has 0 bridgehead atoms. The smallest absolute Gasteiger partial charge is 0.256 e. The minimum atomic E-state index is -2.48. The number of hydrogen-bond acceptors (Lipinski definition) is 2. The number of aromatic amines is 1. The minimum Gasteiger partial charge on any atom is -0.348 e. The summed E-state index contributed by atoms with van der Waals surface area (Å²) in [7, 11) is 0. The molecule has 1 aliphatic rings. The molecule has 0 radical (unpaired) electrons. The van der Waals surface area contributed by atoms with Crippen molar-refractivity contribution in [3.05, 3.63) is 53.2 Å². The summed E-state index contributed by atoms with van der Waals surface area (Å²) < 4.78 is 55.3. The lowest BCUT2D eigenvalue weighted by atomic mass is 10.0. The zero-order valence-electron chi connectivity index (χ0n) is 18.7. The molecule has 22 heavy (non-hydrogen) atoms. The van der Waals surface area contributed by atoms with E-state index in [0.29, 0.717) is 28.6 Å². The van der Waals surface area contributed by atoms with Gasteiger partial charge in [-0.3, -0.25) is 4.79 Å². The Hall–Kier alpha value is -2.56. The van der Waals surface area contributed by atoms with E-state index < -0.39 is 13.8 Å². The van der Waals surface area contributed by atoms with Crippen LogP contribution < -0.4 is 0 Å². The Morgan fingerprint density at radius 2 is 2.36 bits per heavy atom. The summed E-state index contributed by atoms with van der Waals surface area (Å²) in [5.74, 6) is -0.378. The van der Waals surface area contributed by atoms with Crippen LogP contribution in [0.4, 0.5) is 0 Å². The van der Waals surface area contributed by atoms with Gasteiger partial charge in [-0.15, -0.1) is 0 Å². The van der Waals surface area contributed by atoms with Crippen LogP contribution in [0.5, 0.6) is 0 Å². The number of nitrogens with zero attached hydrogens (tertiary/aromatic N) is 3. The van der Waals surface area contributed by atoms with Gasteiger partial charge in [0.1, 0.15) is 1.37 Å². The van der Waals surface area contributed by atoms with Crippen molar-refractivity contribution in [2.45, 2.75) is 19.8 Å². The van der Waals surface area contributed by atoms with E-state index in [9.17, 15) is 4.79 Å². The first-order chi connectivity index (χ1) is 13.5. The van der Waals surface area contributed by atoms with Crippen LogP contribution in [0, 0.1) is 6.85 Å². The molecule has 0 fully saturated rings. The molecule has 2 aromatic heterocycles. The van der Waals surface area contributed by atoms with E-state index in [4.69, 9.17) is 9.60 Å². The van der Waals surface area contributed by atoms with Crippen molar-refractivity contribution in [2.75, 3.05) is 6.54 Å². The summed E-state index contributed by atoms with van der Waals surface area (Å²) in [4.78, 5) is 21.1. The number of para-hydroxylation sites is 1. The number of rotatable bonds is 2. The zero-order valence-corrected chi connectivity index (χ0v) is 11.7. The topological polar surface area (TPSA) is 53.9 Å². The van der Waals surface area contributed by atoms with E-state index in [2.05, 4.69) is 9.97 Å². The minimum absolute atomic E-state index is 0.0748. The van der Waals surface area contributed by atoms with E-state index in [1.54, 1.807) is 24.3 Å². The van der Waals surface area contributed by atoms with E-state index >= 15 is 0 Å². The number of H-pyrrole nitrogens is 1. The number of fused-ring (bicyclic) bond motifs is 3. The molecule has 1 amide bonds. The highest BCUT2D eigenvalue weighted by molar-refractivity contribution is 6.09. The standard InChI is InChI=1S/C17H18N4O/c1-11-13(19-10-18-11)9-21-8-7-15-16(17(21)22)12-5-3-4-6-14(12)20(15)2/h3-6,10H,7-9H2,1-2H3,(H,18,19)/i1D3,2D3,10D. The van der Waals surface area contributed by atoms with Crippen LogP contribution in [0.2, 0.25) is 0 Å². The van der Waals surface area contributed by atoms with Gasteiger partial charge in [0.05, 0.1) is 24.1 Å². The number of nitrogens with one attached hydrogen (secondary N) is 1. The van der Waals surface area contributed by atoms with Crippen LogP contribution >= 0.6 is 0 Å². The Morgan fingerprint density at radius 1 is 1.45 bits per heavy atom. The zero-order chi connectivity index (χ0) is 21.1. The Kier molecular flexibility index (Phi) is 1.64. The number of aromatic nitrogens is 3. The lowest BCUT2D eigenvalue weighted by molar-refractivity contribution is 0.0725. The van der Waals surface area contributed by atoms with Crippen molar-refractivity contribution in [1.29, 1.82) is 0 Å². The van der Waals surface area contributed by atoms with Gasteiger partial charge in [0.2, 0.25) is 0 Å². The Morgan fingerprint density at radius 3 is 3.23 bits per heavy atom. The molecule has 4 rings (SSSR count). The molecule has 1 aliphatic heterocycles. The number of benzene rings is 1. The molecule has 0 saturated heterocycles. The van der Waals surface area contributed by atoms with Crippen molar-refractivity contribution in [3.8, 4) is 0 Å². The Balaban J connectivity index is 1.78. The second-order valence-corrected chi connectivity index (χ2v) is 5.32. The van der Waals surface area contributed by atoms with Crippen LogP contribution in [-0.2, 0) is 19.9 Å². The molecule has 0 atom stereocenters. The fourth-order valence-electron chi connectivity index (χ4n) is 2.99. The third-order valence-electron chi connectivity index (χ3n) is 4.09. The molecule has 1 N–H and O–H groups in total. The molecule has 1 aromatic carbocycles. The fraction of sp³-hybridized carbons (Fsp3) is 0.294. The van der Waals surface area contributed by atoms with Crippen LogP contribution in [0.1, 0.15) is 37.0 Å². The molecule has 3 aromatic rings. The highest BCUT2D eigenvalue weighted by atomic mass is 16.2. The molecule has 0 unspecified atom stereocenters. The largest absolute Gasteiger partial charge is 0.348 e. The lowest BCUT2D eigenvalue weighted by Gasteiger charge is -2.27. The van der Waals surface area contributed by atoms with E-state index in [1.807, 2.05) is 0 Å². The fourth-order valence-corrected chi connectivity index (χ4v) is 2.99. The molecular weight excluding hydrogens is 276 g/mol. The van der Waals surface area contributed by atoms with Gasteiger partial charge in [0, 0.05) is 50.5 Å². The maximum atomic E-state index is 13.2. The summed E-state index contributed by atoms with van der Waals surface area (Å²) in [6.45, 7) is -4.76.